The van der Waals surface area contributed by atoms with E-state index in [0.717, 1.165) is 39.9 Å². The molecular formula is C40H50O3. The molecule has 0 aromatic carbocycles. The number of carbonyl (C=O) groups is 2. The van der Waals surface area contributed by atoms with Crippen LogP contribution in [-0.2, 0) is 9.59 Å². The van der Waals surface area contributed by atoms with Gasteiger partial charge in [-0.3, -0.25) is 9.59 Å². The third kappa shape index (κ3) is 11.5. The van der Waals surface area contributed by atoms with Gasteiger partial charge in [0.2, 0.25) is 0 Å². The van der Waals surface area contributed by atoms with Gasteiger partial charge in [0.15, 0.2) is 11.6 Å². The molecule has 1 atom stereocenters. The SMILES string of the molecule is CC(C#CC1=C(C)CC(O)CC1(C)C)=CC=CC(C)=CC=CC=C(C)C=CC=C(C)C(=O)C=C1C(C)=CC(=O)CC1(C)C. The Hall–Kier alpha value is -3.74. The van der Waals surface area contributed by atoms with E-state index < -0.39 is 0 Å². The lowest BCUT2D eigenvalue weighted by molar-refractivity contribution is -0.116. The summed E-state index contributed by atoms with van der Waals surface area (Å²) in [6.07, 6.45) is 24.8. The normalized spacial score (nSPS) is 23.0. The first-order chi connectivity index (χ1) is 20.0. The van der Waals surface area contributed by atoms with E-state index in [1.54, 1.807) is 12.2 Å². The molecule has 0 aromatic heterocycles. The summed E-state index contributed by atoms with van der Waals surface area (Å²) in [5.41, 5.74) is 7.54. The van der Waals surface area contributed by atoms with Crippen molar-refractivity contribution in [2.45, 2.75) is 94.6 Å². The van der Waals surface area contributed by atoms with Gasteiger partial charge in [-0.15, -0.1) is 0 Å². The Kier molecular flexibility index (Phi) is 12.9. The lowest BCUT2D eigenvalue weighted by atomic mass is 9.72. The maximum absolute atomic E-state index is 12.8. The number of carbonyl (C=O) groups excluding carboxylic acids is 2. The number of allylic oxidation sites excluding steroid dienone is 19. The summed E-state index contributed by atoms with van der Waals surface area (Å²) in [5, 5.41) is 10.1. The quantitative estimate of drug-likeness (QED) is 0.177. The third-order valence-corrected chi connectivity index (χ3v) is 7.83. The number of aliphatic hydroxyl groups excluding tert-OH is 1. The predicted octanol–water partition coefficient (Wildman–Crippen LogP) is 9.38. The van der Waals surface area contributed by atoms with E-state index in [1.807, 2.05) is 90.2 Å². The van der Waals surface area contributed by atoms with Crippen LogP contribution in [0.1, 0.15) is 88.5 Å². The molecular weight excluding hydrogens is 528 g/mol. The van der Waals surface area contributed by atoms with Crippen LogP contribution in [-0.4, -0.2) is 22.8 Å². The smallest absolute Gasteiger partial charge is 0.181 e. The largest absolute Gasteiger partial charge is 0.393 e. The lowest BCUT2D eigenvalue weighted by Gasteiger charge is -2.34. The van der Waals surface area contributed by atoms with E-state index in [4.69, 9.17) is 0 Å². The molecule has 1 unspecified atom stereocenters. The van der Waals surface area contributed by atoms with Gasteiger partial charge in [-0.25, -0.2) is 0 Å². The molecule has 2 rings (SSSR count). The van der Waals surface area contributed by atoms with Crippen LogP contribution < -0.4 is 0 Å². The molecule has 0 saturated heterocycles. The fourth-order valence-electron chi connectivity index (χ4n) is 5.56. The van der Waals surface area contributed by atoms with Crippen molar-refractivity contribution in [3.8, 4) is 11.8 Å². The monoisotopic (exact) mass is 578 g/mol. The molecule has 3 heteroatoms. The molecule has 0 spiro atoms. The van der Waals surface area contributed by atoms with E-state index in [2.05, 4.69) is 51.7 Å². The minimum absolute atomic E-state index is 0.0384. The second-order valence-corrected chi connectivity index (χ2v) is 13.3. The average molecular weight is 579 g/mol. The van der Waals surface area contributed by atoms with Crippen LogP contribution in [0.2, 0.25) is 0 Å². The first kappa shape index (κ1) is 35.5. The number of hydrogen-bond acceptors (Lipinski definition) is 3. The number of rotatable bonds is 8. The number of aliphatic hydroxyl groups is 1. The Morgan fingerprint density at radius 3 is 2.02 bits per heavy atom. The fourth-order valence-corrected chi connectivity index (χ4v) is 5.56. The summed E-state index contributed by atoms with van der Waals surface area (Å²) in [6, 6.07) is 0. The van der Waals surface area contributed by atoms with Crippen LogP contribution in [0.25, 0.3) is 0 Å². The van der Waals surface area contributed by atoms with Crippen LogP contribution in [0.3, 0.4) is 0 Å². The zero-order chi connectivity index (χ0) is 32.4. The van der Waals surface area contributed by atoms with Crippen LogP contribution in [0.15, 0.2) is 117 Å². The molecule has 3 nitrogen and oxygen atoms in total. The van der Waals surface area contributed by atoms with Gasteiger partial charge < -0.3 is 5.11 Å². The van der Waals surface area contributed by atoms with Gasteiger partial charge in [-0.2, -0.15) is 0 Å². The van der Waals surface area contributed by atoms with Crippen molar-refractivity contribution < 1.29 is 14.7 Å². The minimum Gasteiger partial charge on any atom is -0.393 e. The van der Waals surface area contributed by atoms with E-state index in [1.165, 1.54) is 5.57 Å². The molecule has 228 valence electrons. The first-order valence-corrected chi connectivity index (χ1v) is 15.1. The van der Waals surface area contributed by atoms with Crippen molar-refractivity contribution in [3.05, 3.63) is 117 Å². The van der Waals surface area contributed by atoms with Crippen LogP contribution in [0.4, 0.5) is 0 Å². The molecule has 0 radical (unpaired) electrons. The average Bonchev–Trinajstić information content (AvgIpc) is 2.87. The third-order valence-electron chi connectivity index (χ3n) is 7.83. The number of ketones is 2. The Morgan fingerprint density at radius 2 is 1.47 bits per heavy atom. The van der Waals surface area contributed by atoms with Crippen molar-refractivity contribution in [1.82, 2.24) is 0 Å². The Morgan fingerprint density at radius 1 is 0.884 bits per heavy atom. The molecule has 0 heterocycles. The van der Waals surface area contributed by atoms with Gasteiger partial charge >= 0.3 is 0 Å². The van der Waals surface area contributed by atoms with Crippen molar-refractivity contribution in [2.75, 3.05) is 0 Å². The topological polar surface area (TPSA) is 54.4 Å². The van der Waals surface area contributed by atoms with Gasteiger partial charge in [0.1, 0.15) is 0 Å². The highest BCUT2D eigenvalue weighted by molar-refractivity contribution is 6.05. The minimum atomic E-state index is -0.337. The van der Waals surface area contributed by atoms with Crippen LogP contribution in [0, 0.1) is 22.7 Å². The molecule has 1 N–H and O–H groups in total. The maximum Gasteiger partial charge on any atom is 0.181 e. The highest BCUT2D eigenvalue weighted by Gasteiger charge is 2.32. The molecule has 0 bridgehead atoms. The summed E-state index contributed by atoms with van der Waals surface area (Å²) in [4.78, 5) is 24.7. The van der Waals surface area contributed by atoms with Crippen molar-refractivity contribution >= 4 is 11.6 Å². The molecule has 2 aliphatic carbocycles. The van der Waals surface area contributed by atoms with E-state index in [0.29, 0.717) is 18.4 Å². The second kappa shape index (κ2) is 15.6. The molecule has 0 fully saturated rings. The fraction of sp³-hybridized carbons (Fsp3) is 0.400. The van der Waals surface area contributed by atoms with Gasteiger partial charge in [0.25, 0.3) is 0 Å². The van der Waals surface area contributed by atoms with Gasteiger partial charge in [-0.1, -0.05) is 117 Å². The van der Waals surface area contributed by atoms with Crippen LogP contribution >= 0.6 is 0 Å². The maximum atomic E-state index is 12.8. The van der Waals surface area contributed by atoms with Crippen molar-refractivity contribution in [1.29, 1.82) is 0 Å². The van der Waals surface area contributed by atoms with Gasteiger partial charge in [-0.05, 0) is 94.2 Å². The van der Waals surface area contributed by atoms with Gasteiger partial charge in [0, 0.05) is 17.4 Å². The molecule has 2 aliphatic rings. The zero-order valence-electron chi connectivity index (χ0n) is 27.9. The standard InChI is InChI=1S/C40H50O3/c1-28(17-13-18-30(3)21-22-36-32(5)23-34(41)26-39(36,7)8)15-11-12-16-29(2)19-14-20-31(4)38(43)25-37-33(6)24-35(42)27-40(37,9)10/h11-20,24-25,34,41H,23,26-27H2,1-10H3. The Bertz CT molecular complexity index is 1470. The summed E-state index contributed by atoms with van der Waals surface area (Å²) in [7, 11) is 0. The van der Waals surface area contributed by atoms with Crippen molar-refractivity contribution in [2.24, 2.45) is 10.8 Å². The zero-order valence-corrected chi connectivity index (χ0v) is 27.9. The summed E-state index contributed by atoms with van der Waals surface area (Å²) in [5.74, 6) is 6.72. The molecule has 0 aliphatic heterocycles. The lowest BCUT2D eigenvalue weighted by Crippen LogP contribution is -2.28. The van der Waals surface area contributed by atoms with E-state index in [-0.39, 0.29) is 28.5 Å². The molecule has 0 saturated carbocycles. The number of hydrogen-bond donors (Lipinski definition) is 1. The van der Waals surface area contributed by atoms with E-state index in [9.17, 15) is 14.7 Å². The van der Waals surface area contributed by atoms with Crippen LogP contribution in [0.5, 0.6) is 0 Å². The predicted molar refractivity (Wildman–Crippen MR) is 182 cm³/mol. The highest BCUT2D eigenvalue weighted by Crippen LogP contribution is 2.40. The first-order valence-electron chi connectivity index (χ1n) is 15.1. The Balaban J connectivity index is 1.96. The Labute approximate surface area is 260 Å². The summed E-state index contributed by atoms with van der Waals surface area (Å²) >= 11 is 0. The van der Waals surface area contributed by atoms with Gasteiger partial charge in [0.05, 0.1) is 6.10 Å². The van der Waals surface area contributed by atoms with Crippen molar-refractivity contribution in [3.63, 3.8) is 0 Å². The summed E-state index contributed by atoms with van der Waals surface area (Å²) < 4.78 is 0. The molecule has 0 amide bonds. The summed E-state index contributed by atoms with van der Waals surface area (Å²) in [6.45, 7) is 20.2. The highest BCUT2D eigenvalue weighted by atomic mass is 16.3. The molecule has 0 aromatic rings. The molecule has 43 heavy (non-hydrogen) atoms. The second-order valence-electron chi connectivity index (χ2n) is 13.3. The van der Waals surface area contributed by atoms with E-state index >= 15 is 0 Å².